The second-order valence-electron chi connectivity index (χ2n) is 4.05. The van der Waals surface area contributed by atoms with Gasteiger partial charge >= 0.3 is 0 Å². The van der Waals surface area contributed by atoms with Crippen LogP contribution in [0.25, 0.3) is 0 Å². The van der Waals surface area contributed by atoms with Gasteiger partial charge in [0.15, 0.2) is 0 Å². The Morgan fingerprint density at radius 3 is 3.12 bits per heavy atom. The van der Waals surface area contributed by atoms with Gasteiger partial charge in [0.25, 0.3) is 0 Å². The molecule has 1 atom stereocenters. The van der Waals surface area contributed by atoms with E-state index in [4.69, 9.17) is 5.11 Å². The molecule has 2 N–H and O–H groups in total. The van der Waals surface area contributed by atoms with Crippen molar-refractivity contribution in [3.63, 3.8) is 0 Å². The Hall–Kier alpha value is -0.160. The molecule has 1 aromatic rings. The minimum Gasteiger partial charge on any atom is -0.396 e. The van der Waals surface area contributed by atoms with E-state index in [9.17, 15) is 0 Å². The molecule has 0 radical (unpaired) electrons. The maximum atomic E-state index is 8.67. The highest BCUT2D eigenvalue weighted by molar-refractivity contribution is 7.99. The number of benzene rings is 1. The predicted molar refractivity (Wildman–Crippen MR) is 76.9 cm³/mol. The molecule has 0 aliphatic carbocycles. The Morgan fingerprint density at radius 2 is 2.24 bits per heavy atom. The van der Waals surface area contributed by atoms with E-state index in [0.717, 1.165) is 30.2 Å². The van der Waals surface area contributed by atoms with Gasteiger partial charge in [0, 0.05) is 35.6 Å². The van der Waals surface area contributed by atoms with Crippen LogP contribution >= 0.6 is 23.5 Å². The first-order valence-electron chi connectivity index (χ1n) is 6.05. The van der Waals surface area contributed by atoms with Crippen molar-refractivity contribution in [1.29, 1.82) is 0 Å². The summed E-state index contributed by atoms with van der Waals surface area (Å²) in [7, 11) is 0. The fourth-order valence-electron chi connectivity index (χ4n) is 1.91. The molecule has 0 aromatic heterocycles. The zero-order valence-corrected chi connectivity index (χ0v) is 11.5. The normalized spacial score (nSPS) is 18.3. The number of hydrogen-bond acceptors (Lipinski definition) is 4. The molecule has 0 fully saturated rings. The summed E-state index contributed by atoms with van der Waals surface area (Å²) in [6.07, 6.45) is 0.910. The molecule has 17 heavy (non-hydrogen) atoms. The van der Waals surface area contributed by atoms with E-state index in [1.54, 1.807) is 0 Å². The number of thioether (sulfide) groups is 2. The lowest BCUT2D eigenvalue weighted by Gasteiger charge is -2.12. The number of nitrogens with one attached hydrogen (secondary N) is 1. The molecule has 0 bridgehead atoms. The highest BCUT2D eigenvalue weighted by Gasteiger charge is 2.21. The molecule has 0 saturated carbocycles. The maximum absolute atomic E-state index is 8.67. The highest BCUT2D eigenvalue weighted by atomic mass is 32.2. The van der Waals surface area contributed by atoms with Crippen molar-refractivity contribution in [3.8, 4) is 0 Å². The number of aliphatic hydroxyl groups is 1. The van der Waals surface area contributed by atoms with Crippen LogP contribution in [0.1, 0.15) is 18.0 Å². The third-order valence-corrected chi connectivity index (χ3v) is 5.04. The van der Waals surface area contributed by atoms with Crippen molar-refractivity contribution in [2.75, 3.05) is 30.4 Å². The summed E-state index contributed by atoms with van der Waals surface area (Å²) in [5.41, 5.74) is 1.46. The Morgan fingerprint density at radius 1 is 1.35 bits per heavy atom. The Labute approximate surface area is 112 Å². The number of hydrogen-bond donors (Lipinski definition) is 2. The third kappa shape index (κ3) is 3.91. The van der Waals surface area contributed by atoms with Crippen LogP contribution in [0, 0.1) is 0 Å². The summed E-state index contributed by atoms with van der Waals surface area (Å²) in [5.74, 6) is 3.35. The molecule has 1 heterocycles. The van der Waals surface area contributed by atoms with Crippen LogP contribution in [-0.4, -0.2) is 35.5 Å². The topological polar surface area (TPSA) is 32.3 Å². The summed E-state index contributed by atoms with van der Waals surface area (Å²) >= 11 is 3.86. The van der Waals surface area contributed by atoms with Gasteiger partial charge in [-0.1, -0.05) is 18.2 Å². The van der Waals surface area contributed by atoms with Gasteiger partial charge < -0.3 is 10.4 Å². The van der Waals surface area contributed by atoms with E-state index >= 15 is 0 Å². The first kappa shape index (κ1) is 13.3. The van der Waals surface area contributed by atoms with Gasteiger partial charge in [-0.05, 0) is 23.8 Å². The molecule has 1 aliphatic heterocycles. The van der Waals surface area contributed by atoms with Gasteiger partial charge in [-0.15, -0.1) is 11.8 Å². The van der Waals surface area contributed by atoms with Crippen LogP contribution in [0.15, 0.2) is 29.2 Å². The molecular formula is C13H19NOS2. The second-order valence-corrected chi connectivity index (χ2v) is 6.33. The van der Waals surface area contributed by atoms with Crippen molar-refractivity contribution < 1.29 is 5.11 Å². The molecule has 0 spiro atoms. The van der Waals surface area contributed by atoms with Gasteiger partial charge in [0.1, 0.15) is 0 Å². The average molecular weight is 269 g/mol. The zero-order chi connectivity index (χ0) is 11.9. The molecule has 1 aliphatic rings. The Kier molecular flexibility index (Phi) is 5.71. The fraction of sp³-hybridized carbons (Fsp3) is 0.538. The van der Waals surface area contributed by atoms with Gasteiger partial charge in [0.2, 0.25) is 0 Å². The fourth-order valence-corrected chi connectivity index (χ4v) is 3.90. The smallest absolute Gasteiger partial charge is 0.0438 e. The minimum absolute atomic E-state index is 0.313. The van der Waals surface area contributed by atoms with E-state index in [1.165, 1.54) is 10.5 Å². The predicted octanol–water partition coefficient (Wildman–Crippen LogP) is 2.54. The van der Waals surface area contributed by atoms with E-state index in [0.29, 0.717) is 12.6 Å². The lowest BCUT2D eigenvalue weighted by atomic mass is 10.1. The zero-order valence-electron chi connectivity index (χ0n) is 9.89. The number of rotatable bonds is 7. The van der Waals surface area contributed by atoms with E-state index in [-0.39, 0.29) is 0 Å². The highest BCUT2D eigenvalue weighted by Crippen LogP contribution is 2.37. The van der Waals surface area contributed by atoms with Crippen LogP contribution in [0.4, 0.5) is 0 Å². The molecule has 0 saturated heterocycles. The molecule has 2 nitrogen and oxygen atoms in total. The standard InChI is InChI=1S/C13H19NOS2/c15-7-3-8-16-9-6-14-12-10-17-13-5-2-1-4-11(12)13/h1-2,4-5,12,14-15H,3,6-10H2. The van der Waals surface area contributed by atoms with Crippen molar-refractivity contribution in [1.82, 2.24) is 5.32 Å². The van der Waals surface area contributed by atoms with Gasteiger partial charge in [0.05, 0.1) is 0 Å². The molecule has 1 unspecified atom stereocenters. The van der Waals surface area contributed by atoms with Crippen LogP contribution in [0.2, 0.25) is 0 Å². The molecule has 94 valence electrons. The van der Waals surface area contributed by atoms with Gasteiger partial charge in [-0.25, -0.2) is 0 Å². The summed E-state index contributed by atoms with van der Waals surface area (Å²) in [4.78, 5) is 1.43. The molecule has 1 aromatic carbocycles. The lowest BCUT2D eigenvalue weighted by molar-refractivity contribution is 0.296. The van der Waals surface area contributed by atoms with Crippen molar-refractivity contribution >= 4 is 23.5 Å². The first-order valence-corrected chi connectivity index (χ1v) is 8.19. The van der Waals surface area contributed by atoms with Crippen LogP contribution in [0.3, 0.4) is 0 Å². The minimum atomic E-state index is 0.313. The van der Waals surface area contributed by atoms with Crippen LogP contribution in [0.5, 0.6) is 0 Å². The largest absolute Gasteiger partial charge is 0.396 e. The second kappa shape index (κ2) is 7.31. The van der Waals surface area contributed by atoms with Crippen LogP contribution < -0.4 is 5.32 Å². The van der Waals surface area contributed by atoms with E-state index in [1.807, 2.05) is 23.5 Å². The first-order chi connectivity index (χ1) is 8.42. The SMILES string of the molecule is OCCCSCCNC1CSc2ccccc21. The molecule has 4 heteroatoms. The van der Waals surface area contributed by atoms with E-state index in [2.05, 4.69) is 29.6 Å². The molecular weight excluding hydrogens is 250 g/mol. The van der Waals surface area contributed by atoms with Crippen molar-refractivity contribution in [2.45, 2.75) is 17.4 Å². The summed E-state index contributed by atoms with van der Waals surface area (Å²) in [6.45, 7) is 1.36. The number of fused-ring (bicyclic) bond motifs is 1. The van der Waals surface area contributed by atoms with Crippen LogP contribution in [-0.2, 0) is 0 Å². The lowest BCUT2D eigenvalue weighted by Crippen LogP contribution is -2.23. The van der Waals surface area contributed by atoms with Crippen molar-refractivity contribution in [2.24, 2.45) is 0 Å². The summed E-state index contributed by atoms with van der Waals surface area (Å²) < 4.78 is 0. The van der Waals surface area contributed by atoms with Gasteiger partial charge in [-0.2, -0.15) is 11.8 Å². The number of aliphatic hydroxyl groups excluding tert-OH is 1. The quantitative estimate of drug-likeness (QED) is 0.745. The Balaban J connectivity index is 1.68. The average Bonchev–Trinajstić information content (AvgIpc) is 2.77. The van der Waals surface area contributed by atoms with Crippen molar-refractivity contribution in [3.05, 3.63) is 29.8 Å². The molecule has 0 amide bonds. The molecule has 2 rings (SSSR count). The summed E-state index contributed by atoms with van der Waals surface area (Å²) in [6, 6.07) is 9.19. The monoisotopic (exact) mass is 269 g/mol. The van der Waals surface area contributed by atoms with E-state index < -0.39 is 0 Å². The Bertz CT molecular complexity index is 346. The van der Waals surface area contributed by atoms with Gasteiger partial charge in [-0.3, -0.25) is 0 Å². The summed E-state index contributed by atoms with van der Waals surface area (Å²) in [5, 5.41) is 12.3. The third-order valence-electron chi connectivity index (χ3n) is 2.78. The maximum Gasteiger partial charge on any atom is 0.0438 e.